The average molecular weight is 516 g/mol. The summed E-state index contributed by atoms with van der Waals surface area (Å²) in [6.07, 6.45) is -0.0315. The summed E-state index contributed by atoms with van der Waals surface area (Å²) in [6, 6.07) is 38.5. The number of rotatable bonds is 6. The Morgan fingerprint density at radius 3 is 1.79 bits per heavy atom. The lowest BCUT2D eigenvalue weighted by Crippen LogP contribution is -2.58. The highest BCUT2D eigenvalue weighted by Gasteiger charge is 2.67. The van der Waals surface area contributed by atoms with E-state index in [0.29, 0.717) is 22.3 Å². The molecule has 1 fully saturated rings. The minimum absolute atomic E-state index is 0.0315. The zero-order valence-electron chi connectivity index (χ0n) is 21.6. The highest BCUT2D eigenvalue weighted by molar-refractivity contribution is 6.00. The molecule has 0 heterocycles. The van der Waals surface area contributed by atoms with E-state index in [4.69, 9.17) is 4.74 Å². The van der Waals surface area contributed by atoms with Crippen LogP contribution in [0.3, 0.4) is 0 Å². The maximum atomic E-state index is 14.5. The van der Waals surface area contributed by atoms with E-state index in [-0.39, 0.29) is 12.2 Å². The van der Waals surface area contributed by atoms with Crippen molar-refractivity contribution in [3.05, 3.63) is 144 Å². The zero-order chi connectivity index (χ0) is 27.5. The number of esters is 1. The smallest absolute Gasteiger partial charge is 0.327 e. The fourth-order valence-electron chi connectivity index (χ4n) is 6.34. The number of nitriles is 1. The van der Waals surface area contributed by atoms with Gasteiger partial charge in [0.2, 0.25) is 0 Å². The number of ketones is 1. The minimum Gasteiger partial charge on any atom is -0.468 e. The highest BCUT2D eigenvalue weighted by Crippen LogP contribution is 2.63. The largest absolute Gasteiger partial charge is 0.468 e. The van der Waals surface area contributed by atoms with E-state index in [1.165, 1.54) is 7.11 Å². The standard InChI is InChI=1S/C34H29NO4/c1-39-32(37)33(23-35)28(24-14-6-2-7-15-24)22-34(38,27-20-12-5-13-21-27)30(29(33)25-16-8-3-9-17-25)31(36)26-18-10-4-11-19-26/h2-21,28-30,38H,22H2,1H3/t28-,29+,30+,33+,34-/m0/s1. The molecule has 1 saturated carbocycles. The maximum Gasteiger partial charge on any atom is 0.327 e. The molecular formula is C34H29NO4. The predicted octanol–water partition coefficient (Wildman–Crippen LogP) is 6.03. The molecule has 0 bridgehead atoms. The van der Waals surface area contributed by atoms with E-state index in [2.05, 4.69) is 6.07 Å². The lowest BCUT2D eigenvalue weighted by atomic mass is 9.47. The normalized spacial score (nSPS) is 26.2. The Kier molecular flexibility index (Phi) is 7.15. The molecule has 0 saturated heterocycles. The Morgan fingerprint density at radius 2 is 1.28 bits per heavy atom. The lowest BCUT2D eigenvalue weighted by molar-refractivity contribution is -0.162. The second-order valence-electron chi connectivity index (χ2n) is 10.0. The Morgan fingerprint density at radius 1 is 0.795 bits per heavy atom. The fraction of sp³-hybridized carbons (Fsp3) is 0.206. The number of ether oxygens (including phenoxy) is 1. The molecule has 0 aliphatic heterocycles. The summed E-state index contributed by atoms with van der Waals surface area (Å²) in [5.74, 6) is -4.03. The molecule has 1 aliphatic carbocycles. The number of nitrogens with zero attached hydrogens (tertiary/aromatic N) is 1. The third-order valence-corrected chi connectivity index (χ3v) is 8.09. The summed E-state index contributed by atoms with van der Waals surface area (Å²) < 4.78 is 5.34. The average Bonchev–Trinajstić information content (AvgIpc) is 3.01. The van der Waals surface area contributed by atoms with Gasteiger partial charge in [-0.2, -0.15) is 5.26 Å². The Balaban J connectivity index is 1.88. The van der Waals surface area contributed by atoms with Crippen LogP contribution in [0.4, 0.5) is 0 Å². The first-order valence-electron chi connectivity index (χ1n) is 12.9. The highest BCUT2D eigenvalue weighted by atomic mass is 16.5. The van der Waals surface area contributed by atoms with Crippen molar-refractivity contribution in [1.82, 2.24) is 0 Å². The van der Waals surface area contributed by atoms with E-state index in [1.807, 2.05) is 84.9 Å². The Bertz CT molecular complexity index is 1480. The predicted molar refractivity (Wildman–Crippen MR) is 148 cm³/mol. The van der Waals surface area contributed by atoms with Gasteiger partial charge < -0.3 is 9.84 Å². The van der Waals surface area contributed by atoms with Gasteiger partial charge in [-0.3, -0.25) is 9.59 Å². The van der Waals surface area contributed by atoms with Crippen LogP contribution in [0.25, 0.3) is 0 Å². The van der Waals surface area contributed by atoms with Crippen molar-refractivity contribution < 1.29 is 19.4 Å². The number of carbonyl (C=O) groups is 2. The molecule has 4 aromatic rings. The SMILES string of the molecule is COC(=O)[C@@]1(C#N)[C@H](c2ccccc2)[C@H](C(=O)c2ccccc2)[C@@](O)(c2ccccc2)C[C@H]1c1ccccc1. The topological polar surface area (TPSA) is 87.4 Å². The number of benzene rings is 4. The van der Waals surface area contributed by atoms with Crippen LogP contribution in [-0.2, 0) is 15.1 Å². The molecule has 0 aromatic heterocycles. The van der Waals surface area contributed by atoms with Crippen LogP contribution in [0, 0.1) is 22.7 Å². The Labute approximate surface area is 228 Å². The van der Waals surface area contributed by atoms with Gasteiger partial charge in [0.1, 0.15) is 5.60 Å². The van der Waals surface area contributed by atoms with Gasteiger partial charge in [0.05, 0.1) is 19.1 Å². The van der Waals surface area contributed by atoms with E-state index >= 15 is 0 Å². The molecule has 5 atom stereocenters. The van der Waals surface area contributed by atoms with Gasteiger partial charge in [0.25, 0.3) is 0 Å². The minimum atomic E-state index is -1.80. The molecule has 1 aliphatic rings. The summed E-state index contributed by atoms with van der Waals surface area (Å²) >= 11 is 0. The molecule has 4 aromatic carbocycles. The number of hydrogen-bond donors (Lipinski definition) is 1. The Hall–Kier alpha value is -4.53. The molecule has 39 heavy (non-hydrogen) atoms. The third kappa shape index (κ3) is 4.33. The van der Waals surface area contributed by atoms with Gasteiger partial charge in [-0.1, -0.05) is 121 Å². The summed E-state index contributed by atoms with van der Waals surface area (Å²) in [7, 11) is 1.26. The van der Waals surface area contributed by atoms with Crippen molar-refractivity contribution in [2.75, 3.05) is 7.11 Å². The molecule has 5 heteroatoms. The molecule has 0 unspecified atom stereocenters. The molecule has 0 spiro atoms. The fourth-order valence-corrected chi connectivity index (χ4v) is 6.34. The first-order valence-corrected chi connectivity index (χ1v) is 12.9. The van der Waals surface area contributed by atoms with Crippen molar-refractivity contribution in [2.45, 2.75) is 23.9 Å². The van der Waals surface area contributed by atoms with Crippen LogP contribution >= 0.6 is 0 Å². The lowest BCUT2D eigenvalue weighted by Gasteiger charge is -2.54. The number of hydrogen-bond acceptors (Lipinski definition) is 5. The van der Waals surface area contributed by atoms with Crippen LogP contribution in [-0.4, -0.2) is 24.0 Å². The quantitative estimate of drug-likeness (QED) is 0.250. The van der Waals surface area contributed by atoms with Gasteiger partial charge in [-0.15, -0.1) is 0 Å². The van der Waals surface area contributed by atoms with Crippen molar-refractivity contribution in [3.63, 3.8) is 0 Å². The van der Waals surface area contributed by atoms with Gasteiger partial charge in [0.15, 0.2) is 11.2 Å². The molecular weight excluding hydrogens is 486 g/mol. The van der Waals surface area contributed by atoms with Gasteiger partial charge in [-0.05, 0) is 23.1 Å². The molecule has 5 nitrogen and oxygen atoms in total. The molecule has 0 amide bonds. The number of aliphatic hydroxyl groups is 1. The molecule has 194 valence electrons. The first kappa shape index (κ1) is 26.1. The summed E-state index contributed by atoms with van der Waals surface area (Å²) in [5.41, 5.74) is -1.23. The molecule has 5 rings (SSSR count). The van der Waals surface area contributed by atoms with Crippen LogP contribution in [0.15, 0.2) is 121 Å². The second-order valence-corrected chi connectivity index (χ2v) is 10.0. The van der Waals surface area contributed by atoms with Crippen LogP contribution in [0.2, 0.25) is 0 Å². The number of Topliss-reactive ketones (excluding diaryl/α,β-unsaturated/α-hetero) is 1. The first-order chi connectivity index (χ1) is 19.0. The van der Waals surface area contributed by atoms with E-state index < -0.39 is 34.7 Å². The summed E-state index contributed by atoms with van der Waals surface area (Å²) in [4.78, 5) is 28.4. The summed E-state index contributed by atoms with van der Waals surface area (Å²) in [6.45, 7) is 0. The third-order valence-electron chi connectivity index (χ3n) is 8.09. The number of methoxy groups -OCH3 is 1. The molecule has 0 radical (unpaired) electrons. The van der Waals surface area contributed by atoms with Crippen molar-refractivity contribution in [1.29, 1.82) is 5.26 Å². The van der Waals surface area contributed by atoms with Gasteiger partial charge in [0, 0.05) is 17.4 Å². The molecule has 1 N–H and O–H groups in total. The van der Waals surface area contributed by atoms with Crippen molar-refractivity contribution in [3.8, 4) is 6.07 Å². The van der Waals surface area contributed by atoms with Crippen molar-refractivity contribution in [2.24, 2.45) is 11.3 Å². The number of carbonyl (C=O) groups excluding carboxylic acids is 2. The zero-order valence-corrected chi connectivity index (χ0v) is 21.6. The van der Waals surface area contributed by atoms with E-state index in [0.717, 1.165) is 0 Å². The van der Waals surface area contributed by atoms with Gasteiger partial charge in [-0.25, -0.2) is 0 Å². The second kappa shape index (κ2) is 10.7. The maximum absolute atomic E-state index is 14.5. The van der Waals surface area contributed by atoms with Crippen LogP contribution in [0.5, 0.6) is 0 Å². The van der Waals surface area contributed by atoms with Gasteiger partial charge >= 0.3 is 5.97 Å². The monoisotopic (exact) mass is 515 g/mol. The van der Waals surface area contributed by atoms with Crippen LogP contribution < -0.4 is 0 Å². The van der Waals surface area contributed by atoms with Crippen LogP contribution in [0.1, 0.15) is 45.3 Å². The van der Waals surface area contributed by atoms with E-state index in [9.17, 15) is 20.0 Å². The van der Waals surface area contributed by atoms with E-state index in [1.54, 1.807) is 36.4 Å². The summed E-state index contributed by atoms with van der Waals surface area (Å²) in [5, 5.41) is 23.8. The van der Waals surface area contributed by atoms with Crippen molar-refractivity contribution >= 4 is 11.8 Å².